The Bertz CT molecular complexity index is 407. The van der Waals surface area contributed by atoms with E-state index in [4.69, 9.17) is 21.4 Å². The zero-order valence-corrected chi connectivity index (χ0v) is 11.8. The zero-order chi connectivity index (χ0) is 12.8. The Morgan fingerprint density at radius 3 is 2.76 bits per heavy atom. The van der Waals surface area contributed by atoms with Crippen molar-refractivity contribution >= 4 is 33.5 Å². The van der Waals surface area contributed by atoms with Gasteiger partial charge in [-0.05, 0) is 34.5 Å². The van der Waals surface area contributed by atoms with Crippen molar-refractivity contribution in [3.05, 3.63) is 27.2 Å². The van der Waals surface area contributed by atoms with E-state index in [0.29, 0.717) is 21.9 Å². The molecule has 0 aliphatic carbocycles. The van der Waals surface area contributed by atoms with E-state index in [0.717, 1.165) is 19.3 Å². The minimum atomic E-state index is -1.04. The molecule has 0 saturated carbocycles. The summed E-state index contributed by atoms with van der Waals surface area (Å²) in [5, 5.41) is 9.43. The van der Waals surface area contributed by atoms with Crippen LogP contribution in [-0.2, 0) is 0 Å². The first-order valence-corrected chi connectivity index (χ1v) is 6.58. The Labute approximate surface area is 114 Å². The monoisotopic (exact) mass is 320 g/mol. The number of rotatable bonds is 6. The third-order valence-electron chi connectivity index (χ3n) is 2.23. The number of hydrogen-bond donors (Lipinski definition) is 1. The average molecular weight is 322 g/mol. The summed E-state index contributed by atoms with van der Waals surface area (Å²) in [4.78, 5) is 11.1. The lowest BCUT2D eigenvalue weighted by Gasteiger charge is -2.11. The van der Waals surface area contributed by atoms with E-state index in [2.05, 4.69) is 22.9 Å². The molecule has 0 aliphatic rings. The van der Waals surface area contributed by atoms with Gasteiger partial charge in [0.25, 0.3) is 0 Å². The molecule has 1 N–H and O–H groups in total. The van der Waals surface area contributed by atoms with Gasteiger partial charge in [0.15, 0.2) is 0 Å². The second kappa shape index (κ2) is 6.87. The number of hydrogen-bond acceptors (Lipinski definition) is 2. The number of halogens is 2. The average Bonchev–Trinajstić information content (AvgIpc) is 2.25. The highest BCUT2D eigenvalue weighted by molar-refractivity contribution is 9.10. The maximum Gasteiger partial charge on any atom is 0.339 e. The Morgan fingerprint density at radius 1 is 1.47 bits per heavy atom. The van der Waals surface area contributed by atoms with E-state index in [1.807, 2.05) is 0 Å². The molecule has 94 valence electrons. The van der Waals surface area contributed by atoms with Gasteiger partial charge >= 0.3 is 5.97 Å². The molecule has 0 heterocycles. The van der Waals surface area contributed by atoms with Crippen LogP contribution in [0.15, 0.2) is 16.6 Å². The summed E-state index contributed by atoms with van der Waals surface area (Å²) in [6, 6.07) is 3.02. The highest BCUT2D eigenvalue weighted by Gasteiger charge is 2.16. The smallest absolute Gasteiger partial charge is 0.339 e. The fourth-order valence-electron chi connectivity index (χ4n) is 1.39. The van der Waals surface area contributed by atoms with Crippen molar-refractivity contribution in [2.75, 3.05) is 6.61 Å². The molecule has 0 spiro atoms. The molecule has 0 aliphatic heterocycles. The second-order valence-electron chi connectivity index (χ2n) is 3.63. The Hall–Kier alpha value is -0.740. The van der Waals surface area contributed by atoms with Crippen LogP contribution in [0.25, 0.3) is 0 Å². The molecule has 0 fully saturated rings. The number of carbonyl (C=O) groups is 1. The van der Waals surface area contributed by atoms with Gasteiger partial charge in [-0.3, -0.25) is 0 Å². The number of unbranched alkanes of at least 4 members (excludes halogenated alkanes) is 2. The van der Waals surface area contributed by atoms with Gasteiger partial charge in [-0.2, -0.15) is 0 Å². The minimum absolute atomic E-state index is 0.0841. The molecule has 5 heteroatoms. The molecule has 0 aromatic heterocycles. The maximum absolute atomic E-state index is 11.1. The van der Waals surface area contributed by atoms with E-state index < -0.39 is 5.97 Å². The van der Waals surface area contributed by atoms with Crippen LogP contribution >= 0.6 is 27.5 Å². The standard InChI is InChI=1S/C12H14BrClO3/c1-2-3-4-5-17-11-9(12(15)16)6-8(14)7-10(11)13/h6-7H,2-5H2,1H3,(H,15,16). The zero-order valence-electron chi connectivity index (χ0n) is 9.50. The van der Waals surface area contributed by atoms with Gasteiger partial charge in [-0.15, -0.1) is 0 Å². The number of aromatic carboxylic acids is 1. The third kappa shape index (κ3) is 4.21. The van der Waals surface area contributed by atoms with Crippen molar-refractivity contribution in [3.63, 3.8) is 0 Å². The largest absolute Gasteiger partial charge is 0.491 e. The molecule has 0 unspecified atom stereocenters. The van der Waals surface area contributed by atoms with Crippen LogP contribution in [0.4, 0.5) is 0 Å². The van der Waals surface area contributed by atoms with Crippen molar-refractivity contribution < 1.29 is 14.6 Å². The van der Waals surface area contributed by atoms with Crippen molar-refractivity contribution in [1.82, 2.24) is 0 Å². The molecule has 0 atom stereocenters. The lowest BCUT2D eigenvalue weighted by Crippen LogP contribution is -2.05. The van der Waals surface area contributed by atoms with E-state index >= 15 is 0 Å². The summed E-state index contributed by atoms with van der Waals surface area (Å²) in [6.07, 6.45) is 3.06. The SMILES string of the molecule is CCCCCOc1c(Br)cc(Cl)cc1C(=O)O. The van der Waals surface area contributed by atoms with Crippen LogP contribution < -0.4 is 4.74 Å². The lowest BCUT2D eigenvalue weighted by molar-refractivity contribution is 0.0692. The van der Waals surface area contributed by atoms with Crippen LogP contribution in [-0.4, -0.2) is 17.7 Å². The second-order valence-corrected chi connectivity index (χ2v) is 4.92. The highest BCUT2D eigenvalue weighted by Crippen LogP contribution is 2.32. The Morgan fingerprint density at radius 2 is 2.18 bits per heavy atom. The molecule has 0 bridgehead atoms. The lowest BCUT2D eigenvalue weighted by atomic mass is 10.2. The summed E-state index contributed by atoms with van der Waals surface area (Å²) in [6.45, 7) is 2.61. The summed E-state index contributed by atoms with van der Waals surface area (Å²) in [5.41, 5.74) is 0.0841. The molecule has 17 heavy (non-hydrogen) atoms. The molecule has 0 radical (unpaired) electrons. The molecule has 1 rings (SSSR count). The predicted molar refractivity (Wildman–Crippen MR) is 71.1 cm³/mol. The molecule has 1 aromatic carbocycles. The fraction of sp³-hybridized carbons (Fsp3) is 0.417. The van der Waals surface area contributed by atoms with Crippen LogP contribution in [0.3, 0.4) is 0 Å². The van der Waals surface area contributed by atoms with Crippen molar-refractivity contribution in [2.24, 2.45) is 0 Å². The molecule has 0 saturated heterocycles. The Kier molecular flexibility index (Phi) is 5.78. The van der Waals surface area contributed by atoms with Gasteiger partial charge in [0.1, 0.15) is 11.3 Å². The van der Waals surface area contributed by atoms with Gasteiger partial charge in [0.05, 0.1) is 11.1 Å². The molecule has 1 aromatic rings. The molecular formula is C12H14BrClO3. The maximum atomic E-state index is 11.1. The van der Waals surface area contributed by atoms with Crippen LogP contribution in [0, 0.1) is 0 Å². The van der Waals surface area contributed by atoms with E-state index in [-0.39, 0.29) is 5.56 Å². The number of benzene rings is 1. The van der Waals surface area contributed by atoms with Crippen molar-refractivity contribution in [2.45, 2.75) is 26.2 Å². The normalized spacial score (nSPS) is 10.3. The first kappa shape index (κ1) is 14.3. The summed E-state index contributed by atoms with van der Waals surface area (Å²) < 4.78 is 6.07. The number of carboxylic acids is 1. The minimum Gasteiger partial charge on any atom is -0.491 e. The van der Waals surface area contributed by atoms with E-state index in [1.165, 1.54) is 6.07 Å². The molecular weight excluding hydrogens is 307 g/mol. The van der Waals surface area contributed by atoms with Crippen LogP contribution in [0.2, 0.25) is 5.02 Å². The van der Waals surface area contributed by atoms with Gasteiger partial charge < -0.3 is 9.84 Å². The van der Waals surface area contributed by atoms with Crippen molar-refractivity contribution in [3.8, 4) is 5.75 Å². The Balaban J connectivity index is 2.85. The van der Waals surface area contributed by atoms with Gasteiger partial charge in [0.2, 0.25) is 0 Å². The van der Waals surface area contributed by atoms with Gasteiger partial charge in [0, 0.05) is 5.02 Å². The van der Waals surface area contributed by atoms with Crippen LogP contribution in [0.5, 0.6) is 5.75 Å². The molecule has 3 nitrogen and oxygen atoms in total. The summed E-state index contributed by atoms with van der Waals surface area (Å²) in [7, 11) is 0. The first-order valence-electron chi connectivity index (χ1n) is 5.41. The van der Waals surface area contributed by atoms with Gasteiger partial charge in [-0.25, -0.2) is 4.79 Å². The van der Waals surface area contributed by atoms with Crippen molar-refractivity contribution in [1.29, 1.82) is 0 Å². The van der Waals surface area contributed by atoms with Gasteiger partial charge in [-0.1, -0.05) is 31.4 Å². The third-order valence-corrected chi connectivity index (χ3v) is 3.04. The topological polar surface area (TPSA) is 46.5 Å². The van der Waals surface area contributed by atoms with Crippen LogP contribution in [0.1, 0.15) is 36.5 Å². The van der Waals surface area contributed by atoms with E-state index in [1.54, 1.807) is 6.07 Å². The fourth-order valence-corrected chi connectivity index (χ4v) is 2.32. The molecule has 0 amide bonds. The number of carboxylic acid groups (broad SMARTS) is 1. The quantitative estimate of drug-likeness (QED) is 0.791. The summed E-state index contributed by atoms with van der Waals surface area (Å²) in [5.74, 6) is -0.698. The van der Waals surface area contributed by atoms with E-state index in [9.17, 15) is 4.79 Å². The number of ether oxygens (including phenoxy) is 1. The predicted octanol–water partition coefficient (Wildman–Crippen LogP) is 4.37. The highest BCUT2D eigenvalue weighted by atomic mass is 79.9. The summed E-state index contributed by atoms with van der Waals surface area (Å²) >= 11 is 9.06. The first-order chi connectivity index (χ1) is 8.06.